The van der Waals surface area contributed by atoms with Crippen LogP contribution in [0.2, 0.25) is 0 Å². The Morgan fingerprint density at radius 3 is 2.44 bits per heavy atom. The number of hydrogen-bond acceptors (Lipinski definition) is 9. The molecule has 2 aromatic heterocycles. The highest BCUT2D eigenvalue weighted by atomic mass is 19.1. The van der Waals surface area contributed by atoms with E-state index in [1.54, 1.807) is 19.1 Å². The number of carbonyl (C=O) groups excluding carboxylic acids is 2. The van der Waals surface area contributed by atoms with Crippen LogP contribution in [0.1, 0.15) is 50.5 Å². The molecule has 5 N–H and O–H groups in total. The Labute approximate surface area is 249 Å². The first-order chi connectivity index (χ1) is 20.6. The Bertz CT molecular complexity index is 1640. The summed E-state index contributed by atoms with van der Waals surface area (Å²) >= 11 is 0. The summed E-state index contributed by atoms with van der Waals surface area (Å²) in [6.45, 7) is 3.24. The minimum atomic E-state index is -0.428. The fourth-order valence-corrected chi connectivity index (χ4v) is 4.11. The summed E-state index contributed by atoms with van der Waals surface area (Å²) in [5.74, 6) is -0.827. The number of hydrogen-bond donors (Lipinski definition) is 4. The number of benzene rings is 2. The van der Waals surface area contributed by atoms with Gasteiger partial charge in [-0.05, 0) is 50.3 Å². The maximum atomic E-state index is 13.3. The van der Waals surface area contributed by atoms with Crippen LogP contribution >= 0.6 is 0 Å². The average molecular weight is 582 g/mol. The lowest BCUT2D eigenvalue weighted by molar-refractivity contribution is 0.0934. The topological polar surface area (TPSA) is 162 Å². The second kappa shape index (κ2) is 14.0. The third kappa shape index (κ3) is 8.08. The second-order valence-corrected chi connectivity index (χ2v) is 10.1. The van der Waals surface area contributed by atoms with E-state index < -0.39 is 17.9 Å². The summed E-state index contributed by atoms with van der Waals surface area (Å²) in [5, 5.41) is 18.2. The highest BCUT2D eigenvalue weighted by Crippen LogP contribution is 2.21. The van der Waals surface area contributed by atoms with Crippen molar-refractivity contribution in [2.45, 2.75) is 19.5 Å². The average Bonchev–Trinajstić information content (AvgIpc) is 3.00. The molecule has 11 nitrogen and oxygen atoms in total. The van der Waals surface area contributed by atoms with Crippen LogP contribution in [0, 0.1) is 17.1 Å². The molecule has 2 aromatic carbocycles. The number of halogens is 1. The number of nitriles is 1. The van der Waals surface area contributed by atoms with E-state index in [4.69, 9.17) is 5.73 Å². The number of rotatable bonds is 11. The van der Waals surface area contributed by atoms with Gasteiger partial charge in [0.15, 0.2) is 11.5 Å². The van der Waals surface area contributed by atoms with Gasteiger partial charge in [-0.2, -0.15) is 5.26 Å². The van der Waals surface area contributed by atoms with E-state index in [1.807, 2.05) is 49.3 Å². The quantitative estimate of drug-likeness (QED) is 0.208. The van der Waals surface area contributed by atoms with E-state index in [9.17, 15) is 19.2 Å². The van der Waals surface area contributed by atoms with E-state index in [-0.39, 0.29) is 28.5 Å². The van der Waals surface area contributed by atoms with Crippen LogP contribution in [0.4, 0.5) is 16.0 Å². The molecule has 0 aliphatic heterocycles. The number of pyridine rings is 1. The van der Waals surface area contributed by atoms with Crippen LogP contribution in [-0.4, -0.2) is 58.9 Å². The molecular weight excluding hydrogens is 549 g/mol. The van der Waals surface area contributed by atoms with Gasteiger partial charge in [0.1, 0.15) is 17.7 Å². The molecule has 0 fully saturated rings. The zero-order valence-corrected chi connectivity index (χ0v) is 24.1. The van der Waals surface area contributed by atoms with Gasteiger partial charge in [-0.3, -0.25) is 9.59 Å². The summed E-state index contributed by atoms with van der Waals surface area (Å²) in [7, 11) is 3.82. The number of nitrogens with zero attached hydrogens (tertiary/aromatic N) is 5. The smallest absolute Gasteiger partial charge is 0.273 e. The van der Waals surface area contributed by atoms with Crippen molar-refractivity contribution in [2.75, 3.05) is 38.2 Å². The van der Waals surface area contributed by atoms with Crippen LogP contribution < -0.4 is 21.7 Å². The van der Waals surface area contributed by atoms with Gasteiger partial charge >= 0.3 is 0 Å². The molecular formula is C31H32FN9O2. The number of nitrogens with one attached hydrogen (secondary N) is 3. The van der Waals surface area contributed by atoms with Crippen molar-refractivity contribution in [1.29, 1.82) is 5.26 Å². The molecule has 0 radical (unpaired) electrons. The highest BCUT2D eigenvalue weighted by Gasteiger charge is 2.18. The van der Waals surface area contributed by atoms with Crippen molar-refractivity contribution in [3.8, 4) is 17.3 Å². The van der Waals surface area contributed by atoms with Gasteiger partial charge in [0.25, 0.3) is 11.8 Å². The molecule has 0 bridgehead atoms. The fraction of sp³-hybridized carbons (Fsp3) is 0.226. The van der Waals surface area contributed by atoms with Gasteiger partial charge in [0, 0.05) is 31.4 Å². The van der Waals surface area contributed by atoms with Crippen LogP contribution in [0.3, 0.4) is 0 Å². The highest BCUT2D eigenvalue weighted by molar-refractivity contribution is 5.99. The number of amides is 2. The van der Waals surface area contributed by atoms with Crippen LogP contribution in [0.25, 0.3) is 11.3 Å². The van der Waals surface area contributed by atoms with Crippen LogP contribution in [0.15, 0.2) is 67.0 Å². The monoisotopic (exact) mass is 581 g/mol. The lowest BCUT2D eigenvalue weighted by Crippen LogP contribution is -2.32. The third-order valence-electron chi connectivity index (χ3n) is 6.55. The normalized spacial score (nSPS) is 11.4. The van der Waals surface area contributed by atoms with Gasteiger partial charge in [0.05, 0.1) is 29.1 Å². The first kappa shape index (κ1) is 30.5. The number of aromatic nitrogens is 3. The summed E-state index contributed by atoms with van der Waals surface area (Å²) < 4.78 is 13.3. The maximum absolute atomic E-state index is 13.3. The van der Waals surface area contributed by atoms with E-state index in [1.165, 1.54) is 30.6 Å². The molecule has 12 heteroatoms. The minimum absolute atomic E-state index is 0.0498. The lowest BCUT2D eigenvalue weighted by atomic mass is 10.1. The van der Waals surface area contributed by atoms with Gasteiger partial charge in [-0.25, -0.2) is 19.3 Å². The molecule has 220 valence electrons. The predicted molar refractivity (Wildman–Crippen MR) is 161 cm³/mol. The summed E-state index contributed by atoms with van der Waals surface area (Å²) in [6.07, 6.45) is 2.90. The van der Waals surface area contributed by atoms with E-state index in [0.29, 0.717) is 31.1 Å². The third-order valence-corrected chi connectivity index (χ3v) is 6.55. The molecule has 4 rings (SSSR count). The summed E-state index contributed by atoms with van der Waals surface area (Å²) in [4.78, 5) is 40.6. The molecule has 0 spiro atoms. The Morgan fingerprint density at radius 2 is 1.77 bits per heavy atom. The number of likely N-dealkylation sites (N-methyl/N-ethyl adjacent to an activating group) is 1. The zero-order valence-electron chi connectivity index (χ0n) is 24.1. The SMILES string of the molecule is C[C@H](NC(=O)c1cc(C#N)cnc1NCc1ccc(-c2cnc(N)c(C(=O)NCCN(C)C)n2)cc1)c1ccc(F)cc1. The summed E-state index contributed by atoms with van der Waals surface area (Å²) in [5.41, 5.74) is 9.27. The van der Waals surface area contributed by atoms with Crippen molar-refractivity contribution in [3.63, 3.8) is 0 Å². The molecule has 2 heterocycles. The number of carbonyl (C=O) groups is 2. The van der Waals surface area contributed by atoms with E-state index in [2.05, 4.69) is 30.9 Å². The van der Waals surface area contributed by atoms with E-state index in [0.717, 1.165) is 16.7 Å². The Morgan fingerprint density at radius 1 is 1.05 bits per heavy atom. The molecule has 4 aromatic rings. The van der Waals surface area contributed by atoms with Crippen molar-refractivity contribution in [1.82, 2.24) is 30.5 Å². The number of nitrogen functional groups attached to an aromatic ring is 1. The molecule has 43 heavy (non-hydrogen) atoms. The minimum Gasteiger partial charge on any atom is -0.382 e. The van der Waals surface area contributed by atoms with Gasteiger partial charge in [0.2, 0.25) is 0 Å². The van der Waals surface area contributed by atoms with Crippen molar-refractivity contribution >= 4 is 23.5 Å². The standard InChI is InChI=1S/C31H32FN9O2/c1-19(22-8-10-24(32)11-9-22)39-30(42)25-14-21(15-33)17-38-29(25)37-16-20-4-6-23(7-5-20)26-18-36-28(34)27(40-26)31(43)35-12-13-41(2)3/h4-11,14,17-19H,12-13,16H2,1-3H3,(H2,34,36)(H,35,43)(H,37,38)(H,39,42)/t19-/m0/s1. The van der Waals surface area contributed by atoms with Gasteiger partial charge < -0.3 is 26.6 Å². The molecule has 0 unspecified atom stereocenters. The molecule has 1 atom stereocenters. The van der Waals surface area contributed by atoms with Gasteiger partial charge in [-0.1, -0.05) is 36.4 Å². The number of nitrogens with two attached hydrogens (primary N) is 1. The molecule has 0 aliphatic rings. The molecule has 0 aliphatic carbocycles. The molecule has 2 amide bonds. The summed E-state index contributed by atoms with van der Waals surface area (Å²) in [6, 6.07) is 16.4. The first-order valence-corrected chi connectivity index (χ1v) is 13.5. The fourth-order valence-electron chi connectivity index (χ4n) is 4.11. The van der Waals surface area contributed by atoms with Crippen molar-refractivity contribution < 1.29 is 14.0 Å². The lowest BCUT2D eigenvalue weighted by Gasteiger charge is -2.16. The Balaban J connectivity index is 1.45. The number of anilines is 2. The van der Waals surface area contributed by atoms with Crippen molar-refractivity contribution in [2.24, 2.45) is 0 Å². The van der Waals surface area contributed by atoms with Crippen LogP contribution in [-0.2, 0) is 6.54 Å². The largest absolute Gasteiger partial charge is 0.382 e. The second-order valence-electron chi connectivity index (χ2n) is 10.1. The molecule has 0 saturated heterocycles. The Hall–Kier alpha value is -5.41. The molecule has 0 saturated carbocycles. The van der Waals surface area contributed by atoms with Crippen LogP contribution in [0.5, 0.6) is 0 Å². The Kier molecular flexibility index (Phi) is 9.93. The zero-order chi connectivity index (χ0) is 30.9. The van der Waals surface area contributed by atoms with E-state index >= 15 is 0 Å². The first-order valence-electron chi connectivity index (χ1n) is 13.5. The maximum Gasteiger partial charge on any atom is 0.273 e. The van der Waals surface area contributed by atoms with Gasteiger partial charge in [-0.15, -0.1) is 0 Å². The van der Waals surface area contributed by atoms with Crippen molar-refractivity contribution in [3.05, 3.63) is 101 Å². The predicted octanol–water partition coefficient (Wildman–Crippen LogP) is 3.53.